The van der Waals surface area contributed by atoms with Gasteiger partial charge in [0, 0.05) is 31.7 Å². The first kappa shape index (κ1) is 18.4. The SMILES string of the molecule is CC.Cc1nncn1-c1ccc(C(=O)N2CCN(C)CC2)cc1Cl. The van der Waals surface area contributed by atoms with Crippen molar-refractivity contribution in [2.75, 3.05) is 33.2 Å². The summed E-state index contributed by atoms with van der Waals surface area (Å²) in [5.74, 6) is 0.780. The first-order chi connectivity index (χ1) is 11.6. The lowest BCUT2D eigenvalue weighted by Gasteiger charge is -2.32. The Hall–Kier alpha value is -1.92. The van der Waals surface area contributed by atoms with Crippen molar-refractivity contribution in [2.24, 2.45) is 0 Å². The Morgan fingerprint density at radius 2 is 1.83 bits per heavy atom. The van der Waals surface area contributed by atoms with E-state index in [1.165, 1.54) is 0 Å². The van der Waals surface area contributed by atoms with E-state index in [0.717, 1.165) is 37.7 Å². The molecule has 0 atom stereocenters. The lowest BCUT2D eigenvalue weighted by molar-refractivity contribution is 0.0664. The maximum Gasteiger partial charge on any atom is 0.253 e. The third-order valence-corrected chi connectivity index (χ3v) is 4.27. The largest absolute Gasteiger partial charge is 0.336 e. The molecule has 0 aliphatic carbocycles. The molecule has 1 aliphatic rings. The molecule has 0 unspecified atom stereocenters. The zero-order valence-corrected chi connectivity index (χ0v) is 15.4. The maximum absolute atomic E-state index is 12.5. The summed E-state index contributed by atoms with van der Waals surface area (Å²) in [6, 6.07) is 5.36. The molecule has 0 spiro atoms. The van der Waals surface area contributed by atoms with Crippen LogP contribution in [0.1, 0.15) is 30.0 Å². The monoisotopic (exact) mass is 349 g/mol. The summed E-state index contributed by atoms with van der Waals surface area (Å²) in [4.78, 5) is 16.6. The summed E-state index contributed by atoms with van der Waals surface area (Å²) in [6.45, 7) is 9.15. The molecule has 0 saturated carbocycles. The van der Waals surface area contributed by atoms with Crippen molar-refractivity contribution in [3.63, 3.8) is 0 Å². The van der Waals surface area contributed by atoms with Crippen LogP contribution in [0, 0.1) is 6.92 Å². The molecule has 1 aromatic carbocycles. The zero-order valence-electron chi connectivity index (χ0n) is 14.7. The predicted molar refractivity (Wildman–Crippen MR) is 95.9 cm³/mol. The van der Waals surface area contributed by atoms with Crippen molar-refractivity contribution in [3.05, 3.63) is 40.9 Å². The standard InChI is InChI=1S/C15H18ClN5O.C2H6/c1-11-18-17-10-21(11)14-4-3-12(9-13(14)16)15(22)20-7-5-19(2)6-8-20;1-2/h3-4,9-10H,5-8H2,1-2H3;1-2H3. The molecular weight excluding hydrogens is 326 g/mol. The van der Waals surface area contributed by atoms with Crippen molar-refractivity contribution >= 4 is 17.5 Å². The minimum Gasteiger partial charge on any atom is -0.336 e. The van der Waals surface area contributed by atoms with Crippen LogP contribution in [0.15, 0.2) is 24.5 Å². The zero-order chi connectivity index (χ0) is 17.7. The first-order valence-corrected chi connectivity index (χ1v) is 8.58. The van der Waals surface area contributed by atoms with Crippen LogP contribution in [-0.2, 0) is 0 Å². The molecule has 24 heavy (non-hydrogen) atoms. The van der Waals surface area contributed by atoms with Gasteiger partial charge in [-0.05, 0) is 32.2 Å². The number of aryl methyl sites for hydroxylation is 1. The van der Waals surface area contributed by atoms with Crippen LogP contribution in [0.3, 0.4) is 0 Å². The van der Waals surface area contributed by atoms with Crippen LogP contribution in [0.2, 0.25) is 5.02 Å². The molecule has 2 aromatic rings. The fourth-order valence-corrected chi connectivity index (χ4v) is 2.83. The number of hydrogen-bond donors (Lipinski definition) is 0. The highest BCUT2D eigenvalue weighted by atomic mass is 35.5. The maximum atomic E-state index is 12.5. The lowest BCUT2D eigenvalue weighted by atomic mass is 10.1. The molecule has 1 aromatic heterocycles. The van der Waals surface area contributed by atoms with Crippen molar-refractivity contribution in [2.45, 2.75) is 20.8 Å². The minimum atomic E-state index is 0.0297. The summed E-state index contributed by atoms with van der Waals surface area (Å²) in [5.41, 5.74) is 1.39. The quantitative estimate of drug-likeness (QED) is 0.836. The fraction of sp³-hybridized carbons (Fsp3) is 0.471. The van der Waals surface area contributed by atoms with E-state index in [0.29, 0.717) is 10.6 Å². The summed E-state index contributed by atoms with van der Waals surface area (Å²) >= 11 is 6.34. The highest BCUT2D eigenvalue weighted by Crippen LogP contribution is 2.23. The summed E-state index contributed by atoms with van der Waals surface area (Å²) in [6.07, 6.45) is 1.61. The van der Waals surface area contributed by atoms with Gasteiger partial charge in [0.2, 0.25) is 0 Å². The van der Waals surface area contributed by atoms with E-state index in [9.17, 15) is 4.79 Å². The summed E-state index contributed by atoms with van der Waals surface area (Å²) in [7, 11) is 2.06. The van der Waals surface area contributed by atoms with Crippen LogP contribution in [0.25, 0.3) is 5.69 Å². The number of nitrogens with zero attached hydrogens (tertiary/aromatic N) is 5. The number of amides is 1. The van der Waals surface area contributed by atoms with Gasteiger partial charge in [-0.15, -0.1) is 10.2 Å². The van der Waals surface area contributed by atoms with Gasteiger partial charge in [0.1, 0.15) is 12.2 Å². The van der Waals surface area contributed by atoms with Gasteiger partial charge in [0.25, 0.3) is 5.91 Å². The normalized spacial score (nSPS) is 15.0. The van der Waals surface area contributed by atoms with Gasteiger partial charge in [0.05, 0.1) is 10.7 Å². The van der Waals surface area contributed by atoms with Gasteiger partial charge in [-0.2, -0.15) is 0 Å². The molecular formula is C17H24ClN5O. The van der Waals surface area contributed by atoms with Crippen LogP contribution >= 0.6 is 11.6 Å². The van der Waals surface area contributed by atoms with Gasteiger partial charge in [-0.1, -0.05) is 25.4 Å². The molecule has 0 N–H and O–H groups in total. The average molecular weight is 350 g/mol. The van der Waals surface area contributed by atoms with Gasteiger partial charge in [-0.3, -0.25) is 9.36 Å². The second-order valence-corrected chi connectivity index (χ2v) is 5.92. The van der Waals surface area contributed by atoms with Gasteiger partial charge < -0.3 is 9.80 Å². The molecule has 1 fully saturated rings. The predicted octanol–water partition coefficient (Wildman–Crippen LogP) is 2.64. The Bertz CT molecular complexity index is 692. The molecule has 0 bridgehead atoms. The van der Waals surface area contributed by atoms with E-state index >= 15 is 0 Å². The van der Waals surface area contributed by atoms with Crippen molar-refractivity contribution < 1.29 is 4.79 Å². The first-order valence-electron chi connectivity index (χ1n) is 8.20. The second-order valence-electron chi connectivity index (χ2n) is 5.51. The molecule has 1 aliphatic heterocycles. The number of rotatable bonds is 2. The number of piperazine rings is 1. The van der Waals surface area contributed by atoms with Crippen LogP contribution in [-0.4, -0.2) is 63.7 Å². The third-order valence-electron chi connectivity index (χ3n) is 3.96. The highest BCUT2D eigenvalue weighted by Gasteiger charge is 2.21. The molecule has 6 nitrogen and oxygen atoms in total. The molecule has 7 heteroatoms. The molecule has 1 amide bonds. The number of carbonyl (C=O) groups is 1. The van der Waals surface area contributed by atoms with Gasteiger partial charge >= 0.3 is 0 Å². The van der Waals surface area contributed by atoms with Crippen molar-refractivity contribution in [1.82, 2.24) is 24.6 Å². The van der Waals surface area contributed by atoms with E-state index < -0.39 is 0 Å². The Balaban J connectivity index is 0.00000100. The average Bonchev–Trinajstić information content (AvgIpc) is 3.02. The number of halogens is 1. The van der Waals surface area contributed by atoms with Crippen molar-refractivity contribution in [1.29, 1.82) is 0 Å². The summed E-state index contributed by atoms with van der Waals surface area (Å²) < 4.78 is 1.80. The fourth-order valence-electron chi connectivity index (χ4n) is 2.56. The van der Waals surface area contributed by atoms with Crippen LogP contribution in [0.5, 0.6) is 0 Å². The Labute approximate surface area is 148 Å². The molecule has 2 heterocycles. The number of benzene rings is 1. The number of aromatic nitrogens is 3. The summed E-state index contributed by atoms with van der Waals surface area (Å²) in [5, 5.41) is 8.32. The minimum absolute atomic E-state index is 0.0297. The van der Waals surface area contributed by atoms with Gasteiger partial charge in [-0.25, -0.2) is 0 Å². The van der Waals surface area contributed by atoms with Gasteiger partial charge in [0.15, 0.2) is 0 Å². The Morgan fingerprint density at radius 1 is 1.17 bits per heavy atom. The van der Waals surface area contributed by atoms with E-state index in [1.54, 1.807) is 23.0 Å². The Kier molecular flexibility index (Phi) is 6.34. The molecule has 0 radical (unpaired) electrons. The van der Waals surface area contributed by atoms with E-state index in [-0.39, 0.29) is 5.91 Å². The number of carbonyl (C=O) groups excluding carboxylic acids is 1. The Morgan fingerprint density at radius 3 is 2.38 bits per heavy atom. The lowest BCUT2D eigenvalue weighted by Crippen LogP contribution is -2.47. The number of likely N-dealkylation sites (N-methyl/N-ethyl adjacent to an activating group) is 1. The second kappa shape index (κ2) is 8.26. The topological polar surface area (TPSA) is 54.3 Å². The van der Waals surface area contributed by atoms with Crippen LogP contribution < -0.4 is 0 Å². The van der Waals surface area contributed by atoms with Crippen LogP contribution in [0.4, 0.5) is 0 Å². The number of hydrogen-bond acceptors (Lipinski definition) is 4. The molecule has 130 valence electrons. The molecule has 3 rings (SSSR count). The molecule has 1 saturated heterocycles. The third kappa shape index (κ3) is 3.94. The van der Waals surface area contributed by atoms with Crippen molar-refractivity contribution in [3.8, 4) is 5.69 Å². The smallest absolute Gasteiger partial charge is 0.253 e. The van der Waals surface area contributed by atoms with E-state index in [2.05, 4.69) is 22.1 Å². The van der Waals surface area contributed by atoms with E-state index in [1.807, 2.05) is 31.7 Å². The van der Waals surface area contributed by atoms with E-state index in [4.69, 9.17) is 11.6 Å². The highest BCUT2D eigenvalue weighted by molar-refractivity contribution is 6.32.